The molecule has 0 amide bonds. The fraction of sp³-hybridized carbons (Fsp3) is 0.143. The van der Waals surface area contributed by atoms with Crippen LogP contribution >= 0.6 is 0 Å². The Morgan fingerprint density at radius 3 is 3.00 bits per heavy atom. The molecule has 0 radical (unpaired) electrons. The maximum absolute atomic E-state index is 5.34. The summed E-state index contributed by atoms with van der Waals surface area (Å²) >= 11 is 0. The average molecular weight is 239 g/mol. The second-order valence-electron chi connectivity index (χ2n) is 4.11. The molecular formula is C14H13N3O. The van der Waals surface area contributed by atoms with Crippen LogP contribution in [0.3, 0.4) is 0 Å². The lowest BCUT2D eigenvalue weighted by atomic mass is 10.2. The number of fused-ring (bicyclic) bond motifs is 1. The maximum atomic E-state index is 5.34. The van der Waals surface area contributed by atoms with Crippen LogP contribution in [-0.4, -0.2) is 9.97 Å². The summed E-state index contributed by atoms with van der Waals surface area (Å²) in [5, 5.41) is 4.29. The normalized spacial score (nSPS) is 10.7. The van der Waals surface area contributed by atoms with Crippen molar-refractivity contribution in [3.63, 3.8) is 0 Å². The molecule has 0 fully saturated rings. The molecule has 0 saturated heterocycles. The average Bonchev–Trinajstić information content (AvgIpc) is 2.86. The Hall–Kier alpha value is -2.36. The van der Waals surface area contributed by atoms with Crippen LogP contribution < -0.4 is 5.32 Å². The topological polar surface area (TPSA) is 51.0 Å². The molecule has 1 N–H and O–H groups in total. The van der Waals surface area contributed by atoms with E-state index in [2.05, 4.69) is 28.3 Å². The number of hydrogen-bond donors (Lipinski definition) is 1. The van der Waals surface area contributed by atoms with Crippen LogP contribution in [0.1, 0.15) is 11.3 Å². The molecule has 18 heavy (non-hydrogen) atoms. The number of nitrogens with one attached hydrogen (secondary N) is 1. The molecule has 3 aromatic heterocycles. The van der Waals surface area contributed by atoms with Gasteiger partial charge in [0.25, 0.3) is 0 Å². The van der Waals surface area contributed by atoms with E-state index in [4.69, 9.17) is 4.42 Å². The summed E-state index contributed by atoms with van der Waals surface area (Å²) in [5.74, 6) is 0.825. The monoisotopic (exact) mass is 239 g/mol. The Bertz CT molecular complexity index is 675. The second kappa shape index (κ2) is 4.49. The minimum atomic E-state index is 0.657. The largest absolute Gasteiger partial charge is 0.464 e. The Morgan fingerprint density at radius 1 is 1.17 bits per heavy atom. The molecule has 0 aliphatic rings. The minimum Gasteiger partial charge on any atom is -0.464 e. The molecule has 3 heterocycles. The number of hydrogen-bond acceptors (Lipinski definition) is 4. The molecule has 0 atom stereocenters. The Morgan fingerprint density at radius 2 is 2.11 bits per heavy atom. The minimum absolute atomic E-state index is 0.657. The highest BCUT2D eigenvalue weighted by Crippen LogP contribution is 2.22. The van der Waals surface area contributed by atoms with Gasteiger partial charge in [0, 0.05) is 12.4 Å². The van der Waals surface area contributed by atoms with Gasteiger partial charge in [-0.1, -0.05) is 6.07 Å². The number of rotatable bonds is 3. The lowest BCUT2D eigenvalue weighted by molar-refractivity contribution is 0.615. The molecule has 4 nitrogen and oxygen atoms in total. The van der Waals surface area contributed by atoms with Gasteiger partial charge in [0.05, 0.1) is 23.9 Å². The number of furan rings is 1. The van der Waals surface area contributed by atoms with E-state index in [1.54, 1.807) is 18.7 Å². The van der Waals surface area contributed by atoms with E-state index < -0.39 is 0 Å². The molecule has 3 rings (SSSR count). The summed E-state index contributed by atoms with van der Waals surface area (Å²) in [5.41, 5.74) is 3.04. The van der Waals surface area contributed by atoms with Gasteiger partial charge in [0.2, 0.25) is 0 Å². The van der Waals surface area contributed by atoms with Crippen molar-refractivity contribution in [3.05, 3.63) is 54.2 Å². The van der Waals surface area contributed by atoms with Gasteiger partial charge in [0.15, 0.2) is 0 Å². The van der Waals surface area contributed by atoms with Crippen molar-refractivity contribution in [2.24, 2.45) is 0 Å². The summed E-state index contributed by atoms with van der Waals surface area (Å²) in [4.78, 5) is 8.67. The van der Waals surface area contributed by atoms with Gasteiger partial charge in [-0.3, -0.25) is 4.98 Å². The Kier molecular flexibility index (Phi) is 2.68. The fourth-order valence-electron chi connectivity index (χ4n) is 1.91. The third-order valence-corrected chi connectivity index (χ3v) is 2.92. The zero-order valence-corrected chi connectivity index (χ0v) is 10.1. The zero-order chi connectivity index (χ0) is 12.4. The summed E-state index contributed by atoms with van der Waals surface area (Å²) in [7, 11) is 0. The third kappa shape index (κ3) is 1.93. The van der Waals surface area contributed by atoms with Gasteiger partial charge in [-0.2, -0.15) is 0 Å². The van der Waals surface area contributed by atoms with Crippen LogP contribution in [0, 0.1) is 6.92 Å². The SMILES string of the molecule is Cc1cccnc1CNc1nccc2occc12. The first-order valence-corrected chi connectivity index (χ1v) is 5.81. The first-order chi connectivity index (χ1) is 8.84. The van der Waals surface area contributed by atoms with E-state index in [0.717, 1.165) is 22.5 Å². The van der Waals surface area contributed by atoms with E-state index in [1.165, 1.54) is 5.56 Å². The highest BCUT2D eigenvalue weighted by molar-refractivity contribution is 5.87. The molecule has 0 spiro atoms. The van der Waals surface area contributed by atoms with Crippen molar-refractivity contribution >= 4 is 16.8 Å². The lowest BCUT2D eigenvalue weighted by Gasteiger charge is -2.07. The summed E-state index contributed by atoms with van der Waals surface area (Å²) in [6, 6.07) is 7.76. The molecular weight excluding hydrogens is 226 g/mol. The van der Waals surface area contributed by atoms with E-state index in [1.807, 2.05) is 18.2 Å². The molecule has 4 heteroatoms. The predicted octanol–water partition coefficient (Wildman–Crippen LogP) is 3.14. The van der Waals surface area contributed by atoms with Crippen molar-refractivity contribution < 1.29 is 4.42 Å². The van der Waals surface area contributed by atoms with Crippen molar-refractivity contribution in [3.8, 4) is 0 Å². The molecule has 0 aromatic carbocycles. The standard InChI is InChI=1S/C14H13N3O/c1-10-3-2-6-15-12(10)9-17-14-11-5-8-18-13(11)4-7-16-14/h2-8H,9H2,1H3,(H,16,17). The van der Waals surface area contributed by atoms with Crippen LogP contribution in [0.25, 0.3) is 11.0 Å². The fourth-order valence-corrected chi connectivity index (χ4v) is 1.91. The van der Waals surface area contributed by atoms with E-state index in [9.17, 15) is 0 Å². The van der Waals surface area contributed by atoms with Crippen molar-refractivity contribution in [2.45, 2.75) is 13.5 Å². The Labute approximate surface area is 105 Å². The summed E-state index contributed by atoms with van der Waals surface area (Å²) < 4.78 is 5.34. The molecule has 90 valence electrons. The molecule has 0 aliphatic carbocycles. The van der Waals surface area contributed by atoms with Gasteiger partial charge in [0.1, 0.15) is 11.4 Å². The number of pyridine rings is 2. The van der Waals surface area contributed by atoms with Crippen LogP contribution in [0.15, 0.2) is 47.3 Å². The summed E-state index contributed by atoms with van der Waals surface area (Å²) in [6.07, 6.45) is 5.21. The Balaban J connectivity index is 1.85. The van der Waals surface area contributed by atoms with Crippen LogP contribution in [0.2, 0.25) is 0 Å². The van der Waals surface area contributed by atoms with E-state index in [0.29, 0.717) is 6.54 Å². The van der Waals surface area contributed by atoms with Crippen LogP contribution in [-0.2, 0) is 6.54 Å². The lowest BCUT2D eigenvalue weighted by Crippen LogP contribution is -2.04. The van der Waals surface area contributed by atoms with Crippen LogP contribution in [0.4, 0.5) is 5.82 Å². The highest BCUT2D eigenvalue weighted by Gasteiger charge is 2.05. The molecule has 0 aliphatic heterocycles. The van der Waals surface area contributed by atoms with Gasteiger partial charge in [-0.25, -0.2) is 4.98 Å². The molecule has 0 unspecified atom stereocenters. The number of nitrogens with zero attached hydrogens (tertiary/aromatic N) is 2. The van der Waals surface area contributed by atoms with Crippen molar-refractivity contribution in [1.82, 2.24) is 9.97 Å². The van der Waals surface area contributed by atoms with Crippen LogP contribution in [0.5, 0.6) is 0 Å². The molecule has 3 aromatic rings. The smallest absolute Gasteiger partial charge is 0.139 e. The van der Waals surface area contributed by atoms with E-state index in [-0.39, 0.29) is 0 Å². The van der Waals surface area contributed by atoms with Gasteiger partial charge >= 0.3 is 0 Å². The first-order valence-electron chi connectivity index (χ1n) is 5.81. The quantitative estimate of drug-likeness (QED) is 0.762. The van der Waals surface area contributed by atoms with Crippen molar-refractivity contribution in [2.75, 3.05) is 5.32 Å². The van der Waals surface area contributed by atoms with Gasteiger partial charge < -0.3 is 9.73 Å². The maximum Gasteiger partial charge on any atom is 0.139 e. The predicted molar refractivity (Wildman–Crippen MR) is 70.3 cm³/mol. The number of anilines is 1. The van der Waals surface area contributed by atoms with Crippen molar-refractivity contribution in [1.29, 1.82) is 0 Å². The summed E-state index contributed by atoms with van der Waals surface area (Å²) in [6.45, 7) is 2.71. The van der Waals surface area contributed by atoms with Gasteiger partial charge in [-0.15, -0.1) is 0 Å². The molecule has 0 saturated carbocycles. The first kappa shape index (κ1) is 10.8. The van der Waals surface area contributed by atoms with Gasteiger partial charge in [-0.05, 0) is 30.7 Å². The zero-order valence-electron chi connectivity index (χ0n) is 10.1. The third-order valence-electron chi connectivity index (χ3n) is 2.92. The second-order valence-corrected chi connectivity index (χ2v) is 4.11. The number of aryl methyl sites for hydroxylation is 1. The molecule has 0 bridgehead atoms. The highest BCUT2D eigenvalue weighted by atomic mass is 16.3. The van der Waals surface area contributed by atoms with E-state index >= 15 is 0 Å². The number of aromatic nitrogens is 2.